The number of benzene rings is 4. The van der Waals surface area contributed by atoms with E-state index in [2.05, 4.69) is 30.9 Å². The molecular formula is C27H21F3N6OS. The van der Waals surface area contributed by atoms with Crippen molar-refractivity contribution in [3.05, 3.63) is 89.5 Å². The summed E-state index contributed by atoms with van der Waals surface area (Å²) >= 11 is 5.36. The van der Waals surface area contributed by atoms with Gasteiger partial charge < -0.3 is 10.1 Å². The van der Waals surface area contributed by atoms with Gasteiger partial charge in [-0.3, -0.25) is 5.43 Å². The molecule has 0 aliphatic heterocycles. The molecule has 5 rings (SSSR count). The van der Waals surface area contributed by atoms with Gasteiger partial charge in [-0.15, -0.1) is 18.3 Å². The number of ether oxygens (including phenoxy) is 1. The highest BCUT2D eigenvalue weighted by molar-refractivity contribution is 7.80. The largest absolute Gasteiger partial charge is 0.573 e. The number of para-hydroxylation sites is 1. The van der Waals surface area contributed by atoms with E-state index in [4.69, 9.17) is 12.2 Å². The molecule has 0 amide bonds. The van der Waals surface area contributed by atoms with Crippen LogP contribution in [0.2, 0.25) is 0 Å². The van der Waals surface area contributed by atoms with Crippen molar-refractivity contribution in [2.24, 2.45) is 5.10 Å². The number of alkyl halides is 3. The van der Waals surface area contributed by atoms with Gasteiger partial charge in [0.15, 0.2) is 5.11 Å². The van der Waals surface area contributed by atoms with Crippen molar-refractivity contribution >= 4 is 51.0 Å². The van der Waals surface area contributed by atoms with Crippen LogP contribution in [-0.2, 0) is 0 Å². The molecule has 7 nitrogen and oxygen atoms in total. The summed E-state index contributed by atoms with van der Waals surface area (Å²) in [6, 6.07) is 21.0. The molecule has 1 aromatic heterocycles. The Bertz CT molecular complexity index is 1660. The van der Waals surface area contributed by atoms with E-state index in [-0.39, 0.29) is 5.75 Å². The number of hydrogen-bond donors (Lipinski definition) is 2. The summed E-state index contributed by atoms with van der Waals surface area (Å²) in [6.07, 6.45) is -3.08. The summed E-state index contributed by atoms with van der Waals surface area (Å²) in [6.45, 7) is 4.02. The molecule has 1 heterocycles. The summed E-state index contributed by atoms with van der Waals surface area (Å²) in [7, 11) is 0. The monoisotopic (exact) mass is 534 g/mol. The van der Waals surface area contributed by atoms with E-state index in [9.17, 15) is 13.2 Å². The first-order valence-electron chi connectivity index (χ1n) is 11.5. The molecule has 0 spiro atoms. The van der Waals surface area contributed by atoms with Gasteiger partial charge in [-0.2, -0.15) is 5.10 Å². The molecule has 0 atom stereocenters. The maximum Gasteiger partial charge on any atom is 0.573 e. The van der Waals surface area contributed by atoms with Crippen molar-refractivity contribution in [2.45, 2.75) is 20.2 Å². The molecule has 0 fully saturated rings. The molecule has 11 heteroatoms. The van der Waals surface area contributed by atoms with E-state index in [1.54, 1.807) is 10.9 Å². The Kier molecular flexibility index (Phi) is 6.68. The Balaban J connectivity index is 1.32. The molecule has 0 bridgehead atoms. The number of nitrogens with zero attached hydrogens (tertiary/aromatic N) is 4. The van der Waals surface area contributed by atoms with Crippen molar-refractivity contribution < 1.29 is 17.9 Å². The normalized spacial score (nSPS) is 11.8. The SMILES string of the molecule is Cc1cccc(C)c1NC(=S)N/N=C/c1ccc2c(ccc3c2nnn3-c2ccc(OC(F)(F)F)cc2)c1. The highest BCUT2D eigenvalue weighted by Crippen LogP contribution is 2.28. The predicted octanol–water partition coefficient (Wildman–Crippen LogP) is 6.41. The summed E-state index contributed by atoms with van der Waals surface area (Å²) in [4.78, 5) is 0. The first-order valence-corrected chi connectivity index (χ1v) is 11.9. The van der Waals surface area contributed by atoms with Crippen molar-refractivity contribution in [3.63, 3.8) is 0 Å². The third kappa shape index (κ3) is 5.42. The molecule has 5 aromatic rings. The third-order valence-electron chi connectivity index (χ3n) is 5.87. The molecule has 0 saturated carbocycles. The van der Waals surface area contributed by atoms with Gasteiger partial charge in [-0.05, 0) is 84.5 Å². The minimum Gasteiger partial charge on any atom is -0.406 e. The number of anilines is 1. The first kappa shape index (κ1) is 25.2. The molecule has 38 heavy (non-hydrogen) atoms. The zero-order valence-corrected chi connectivity index (χ0v) is 21.1. The van der Waals surface area contributed by atoms with E-state index in [1.165, 1.54) is 24.3 Å². The lowest BCUT2D eigenvalue weighted by Gasteiger charge is -2.12. The Morgan fingerprint density at radius 3 is 2.45 bits per heavy atom. The number of hydrazone groups is 1. The van der Waals surface area contributed by atoms with Gasteiger partial charge in [0.2, 0.25) is 0 Å². The predicted molar refractivity (Wildman–Crippen MR) is 146 cm³/mol. The summed E-state index contributed by atoms with van der Waals surface area (Å²) in [5, 5.41) is 18.1. The Labute approximate surface area is 220 Å². The lowest BCUT2D eigenvalue weighted by molar-refractivity contribution is -0.274. The number of fused-ring (bicyclic) bond motifs is 3. The number of aromatic nitrogens is 3. The van der Waals surface area contributed by atoms with E-state index in [0.717, 1.165) is 33.2 Å². The average molecular weight is 535 g/mol. The van der Waals surface area contributed by atoms with E-state index in [0.29, 0.717) is 21.8 Å². The molecule has 2 N–H and O–H groups in total. The molecule has 192 valence electrons. The zero-order valence-electron chi connectivity index (χ0n) is 20.2. The Hall–Kier alpha value is -4.51. The van der Waals surface area contributed by atoms with Gasteiger partial charge in [-0.25, -0.2) is 4.68 Å². The smallest absolute Gasteiger partial charge is 0.406 e. The maximum atomic E-state index is 12.4. The lowest BCUT2D eigenvalue weighted by atomic mass is 10.1. The van der Waals surface area contributed by atoms with Gasteiger partial charge in [-0.1, -0.05) is 41.6 Å². The first-order chi connectivity index (χ1) is 18.2. The van der Waals surface area contributed by atoms with Crippen LogP contribution in [-0.4, -0.2) is 32.7 Å². The minimum absolute atomic E-state index is 0.304. The van der Waals surface area contributed by atoms with Crippen LogP contribution in [0.15, 0.2) is 77.9 Å². The molecule has 0 aliphatic carbocycles. The number of rotatable bonds is 5. The standard InChI is InChI=1S/C27H21F3N6OS/c1-16-4-3-5-17(2)24(16)32-26(38)34-31-15-18-6-12-22-19(14-18)7-13-23-25(22)33-35-36(23)20-8-10-21(11-9-20)37-27(28,29)30/h3-15H,1-2H3,(H2,32,34,38)/b31-15+. The van der Waals surface area contributed by atoms with Crippen molar-refractivity contribution in [2.75, 3.05) is 5.32 Å². The van der Waals surface area contributed by atoms with Crippen LogP contribution in [0.25, 0.3) is 27.5 Å². The minimum atomic E-state index is -4.75. The van der Waals surface area contributed by atoms with Gasteiger partial charge in [0.1, 0.15) is 11.3 Å². The van der Waals surface area contributed by atoms with Gasteiger partial charge >= 0.3 is 6.36 Å². The highest BCUT2D eigenvalue weighted by atomic mass is 32.1. The summed E-state index contributed by atoms with van der Waals surface area (Å²) in [5.41, 5.74) is 8.76. The molecule has 0 saturated heterocycles. The second-order valence-corrected chi connectivity index (χ2v) is 8.96. The Morgan fingerprint density at radius 2 is 1.74 bits per heavy atom. The molecular weight excluding hydrogens is 513 g/mol. The van der Waals surface area contributed by atoms with Crippen molar-refractivity contribution in [1.29, 1.82) is 0 Å². The van der Waals surface area contributed by atoms with Crippen LogP contribution in [0.5, 0.6) is 5.75 Å². The van der Waals surface area contributed by atoms with Crippen LogP contribution in [0.1, 0.15) is 16.7 Å². The van der Waals surface area contributed by atoms with Crippen LogP contribution in [0, 0.1) is 13.8 Å². The quantitative estimate of drug-likeness (QED) is 0.154. The number of thiocarbonyl (C=S) groups is 1. The summed E-state index contributed by atoms with van der Waals surface area (Å²) < 4.78 is 42.8. The van der Waals surface area contributed by atoms with Crippen LogP contribution in [0.4, 0.5) is 18.9 Å². The molecule has 0 aliphatic rings. The number of aryl methyl sites for hydroxylation is 2. The molecule has 0 radical (unpaired) electrons. The molecule has 4 aromatic carbocycles. The second kappa shape index (κ2) is 10.1. The fraction of sp³-hybridized carbons (Fsp3) is 0.111. The third-order valence-corrected chi connectivity index (χ3v) is 6.06. The zero-order chi connectivity index (χ0) is 26.9. The van der Waals surface area contributed by atoms with Crippen LogP contribution in [0.3, 0.4) is 0 Å². The van der Waals surface area contributed by atoms with Crippen LogP contribution < -0.4 is 15.5 Å². The van der Waals surface area contributed by atoms with Gasteiger partial charge in [0.25, 0.3) is 0 Å². The maximum absolute atomic E-state index is 12.4. The van der Waals surface area contributed by atoms with Crippen molar-refractivity contribution in [1.82, 2.24) is 20.4 Å². The summed E-state index contributed by atoms with van der Waals surface area (Å²) in [5.74, 6) is -0.304. The highest BCUT2D eigenvalue weighted by Gasteiger charge is 2.31. The van der Waals surface area contributed by atoms with Gasteiger partial charge in [0.05, 0.1) is 17.4 Å². The average Bonchev–Trinajstić information content (AvgIpc) is 3.30. The molecule has 0 unspecified atom stereocenters. The van der Waals surface area contributed by atoms with E-state index >= 15 is 0 Å². The number of halogens is 3. The lowest BCUT2D eigenvalue weighted by Crippen LogP contribution is -2.24. The fourth-order valence-electron chi connectivity index (χ4n) is 4.11. The number of hydrogen-bond acceptors (Lipinski definition) is 5. The van der Waals surface area contributed by atoms with Crippen molar-refractivity contribution in [3.8, 4) is 11.4 Å². The second-order valence-electron chi connectivity index (χ2n) is 8.55. The Morgan fingerprint density at radius 1 is 1.00 bits per heavy atom. The fourth-order valence-corrected chi connectivity index (χ4v) is 4.27. The van der Waals surface area contributed by atoms with Gasteiger partial charge in [0, 0.05) is 11.1 Å². The van der Waals surface area contributed by atoms with E-state index < -0.39 is 6.36 Å². The van der Waals surface area contributed by atoms with E-state index in [1.807, 2.05) is 62.4 Å². The topological polar surface area (TPSA) is 76.4 Å². The van der Waals surface area contributed by atoms with Crippen LogP contribution >= 0.6 is 12.2 Å². The number of nitrogens with one attached hydrogen (secondary N) is 2.